The molecule has 13 atom stereocenters. The lowest BCUT2D eigenvalue weighted by molar-refractivity contribution is 0.100. The number of Topliss-reactive ketones (excluding diaryl/α,β-unsaturated/α-hetero) is 3. The molecule has 8 aromatic rings. The van der Waals surface area contributed by atoms with Crippen LogP contribution in [0.2, 0.25) is 17.3 Å². The first-order valence-corrected chi connectivity index (χ1v) is 42.3. The van der Waals surface area contributed by atoms with Gasteiger partial charge >= 0.3 is 10.3 Å². The molecule has 1 unspecified atom stereocenters. The number of carbonyl (C=O) groups excluding carboxylic acids is 7. The molecule has 36 heteroatoms. The fraction of sp³-hybridized carbons (Fsp3) is 0.487. The molecule has 0 bridgehead atoms. The number of thiophene rings is 4. The Morgan fingerprint density at radius 3 is 1.04 bits per heavy atom. The van der Waals surface area contributed by atoms with E-state index in [0.717, 1.165) is 79.0 Å². The molecule has 4 saturated carbocycles. The molecule has 0 aromatic carbocycles. The summed E-state index contributed by atoms with van der Waals surface area (Å²) >= 11 is 28.7. The van der Waals surface area contributed by atoms with Gasteiger partial charge in [0.15, 0.2) is 17.3 Å². The molecule has 4 aliphatic carbocycles. The summed E-state index contributed by atoms with van der Waals surface area (Å²) in [5.74, 6) is 3.16. The molecule has 4 fully saturated rings. The van der Waals surface area contributed by atoms with E-state index in [1.807, 2.05) is 0 Å². The van der Waals surface area contributed by atoms with Gasteiger partial charge in [-0.25, -0.2) is 45.0 Å². The Bertz CT molecular complexity index is 4580. The molecule has 10 N–H and O–H groups in total. The first-order valence-electron chi connectivity index (χ1n) is 36.1. The van der Waals surface area contributed by atoms with Crippen molar-refractivity contribution >= 4 is 166 Å². The van der Waals surface area contributed by atoms with Crippen molar-refractivity contribution in [2.45, 2.75) is 177 Å². The zero-order chi connectivity index (χ0) is 81.3. The molecule has 12 rings (SSSR count). The van der Waals surface area contributed by atoms with E-state index in [1.165, 1.54) is 94.6 Å². The van der Waals surface area contributed by atoms with Crippen LogP contribution in [0.15, 0.2) is 74.4 Å². The van der Waals surface area contributed by atoms with Crippen molar-refractivity contribution in [1.29, 1.82) is 0 Å². The smallest absolute Gasteiger partial charge is 0.333 e. The number of aliphatic hydroxyl groups is 4. The third-order valence-corrected chi connectivity index (χ3v) is 25.9. The second kappa shape index (κ2) is 42.5. The standard InChI is InChI=1S/C19H24ClN3O2S.C19H22ClN3O2S.C18H20ClN3O3S.C17H19ClN4O6S2.C2H6O.CH4/c2*1-4-12-6-13(5-10(12)2)23-19-15(8-21-9-22-19)17(25)16-7-14(11(3)24)18(20)26-16;1-9-3-12(4-11(9)7-23)22-18-14(6-20-8-21-18)16(25)15-5-13(10(2)24)17(19)26-15;1-8(23)11-4-14(29-16(11)18)15(25)12-5-20-7-21-17(12)22-10-2-9(13(24)3-10)6-28-30(19,26)27;1-2-3;/h7-13,24H,4-6H2,1-3H3,(H,21,22,23);7-10,12-13H,4-6H2,1-3H3,(H,21,22,23);5-6,8-9,11-12,23H,3-4,7H2,1-2H3,(H,20,21,22);4-5,7,9-10,13,24H,2-3,6H2,1H3,(H2,19,26,27)(H,20,21,22);3H,2H2,1H3;1H4/t10-,11?,12-,13-;10-,12-,13-;9-,11+,12-;9-,10-,13+;;/m0001../s1. The molecule has 4 aliphatic rings. The van der Waals surface area contributed by atoms with Gasteiger partial charge in [0.1, 0.15) is 61.6 Å². The molecule has 8 heterocycles. The lowest BCUT2D eigenvalue weighted by atomic mass is 9.96. The van der Waals surface area contributed by atoms with E-state index in [0.29, 0.717) is 133 Å². The maximum atomic E-state index is 13.0. The topological polar surface area (TPSA) is 421 Å². The summed E-state index contributed by atoms with van der Waals surface area (Å²) in [7, 11) is -4.10. The van der Waals surface area contributed by atoms with E-state index >= 15 is 0 Å². The summed E-state index contributed by atoms with van der Waals surface area (Å²) in [5, 5.41) is 55.1. The van der Waals surface area contributed by atoms with E-state index in [2.05, 4.69) is 99.9 Å². The third kappa shape index (κ3) is 24.5. The molecule has 0 amide bonds. The lowest BCUT2D eigenvalue weighted by Gasteiger charge is -2.15. The number of aromatic nitrogens is 8. The Hall–Kier alpha value is -7.12. The number of nitrogens with two attached hydrogens (primary N) is 1. The van der Waals surface area contributed by atoms with Crippen LogP contribution in [0, 0.1) is 41.4 Å². The first kappa shape index (κ1) is 92.1. The molecule has 0 aliphatic heterocycles. The van der Waals surface area contributed by atoms with E-state index < -0.39 is 34.2 Å². The Morgan fingerprint density at radius 2 is 0.777 bits per heavy atom. The summed E-state index contributed by atoms with van der Waals surface area (Å²) in [6.45, 7) is 18.8. The highest BCUT2D eigenvalue weighted by Crippen LogP contribution is 2.41. The number of rotatable bonds is 26. The van der Waals surface area contributed by atoms with Gasteiger partial charge < -0.3 is 41.7 Å². The average molecular weight is 1720 g/mol. The number of nitrogens with zero attached hydrogens (tertiary/aromatic N) is 8. The zero-order valence-corrected chi connectivity index (χ0v) is 69.8. The molecule has 0 spiro atoms. The minimum absolute atomic E-state index is 0. The molecular weight excluding hydrogens is 1620 g/mol. The van der Waals surface area contributed by atoms with E-state index in [1.54, 1.807) is 32.2 Å². The number of halogens is 4. The second-order valence-corrected chi connectivity index (χ2v) is 35.8. The first-order chi connectivity index (χ1) is 52.7. The molecule has 8 aromatic heterocycles. The summed E-state index contributed by atoms with van der Waals surface area (Å²) in [6.07, 6.45) is 19.0. The van der Waals surface area contributed by atoms with Gasteiger partial charge in [0.2, 0.25) is 23.1 Å². The van der Waals surface area contributed by atoms with E-state index in [-0.39, 0.29) is 106 Å². The largest absolute Gasteiger partial charge is 0.397 e. The fourth-order valence-corrected chi connectivity index (χ4v) is 19.7. The number of ketones is 7. The molecular formula is C76H95Cl4N13O14S5. The van der Waals surface area contributed by atoms with Crippen LogP contribution in [0.3, 0.4) is 0 Å². The number of aliphatic hydroxyl groups excluding tert-OH is 4. The molecule has 112 heavy (non-hydrogen) atoms. The van der Waals surface area contributed by atoms with Crippen molar-refractivity contribution in [3.63, 3.8) is 0 Å². The number of anilines is 4. The summed E-state index contributed by atoms with van der Waals surface area (Å²) in [6, 6.07) is 6.65. The average Bonchev–Trinajstić information content (AvgIpc) is 1.65. The quantitative estimate of drug-likeness (QED) is 0.0227. The van der Waals surface area contributed by atoms with Crippen molar-refractivity contribution in [3.05, 3.63) is 156 Å². The normalized spacial score (nSPS) is 21.8. The minimum Gasteiger partial charge on any atom is -0.397 e. The number of hydrogen-bond acceptors (Lipinski definition) is 30. The summed E-state index contributed by atoms with van der Waals surface area (Å²) in [4.78, 5) is 121. The van der Waals surface area contributed by atoms with E-state index in [9.17, 15) is 57.3 Å². The predicted octanol–water partition coefficient (Wildman–Crippen LogP) is 15.0. The van der Waals surface area contributed by atoms with Gasteiger partial charge in [-0.1, -0.05) is 101 Å². The minimum atomic E-state index is -4.10. The fourth-order valence-electron chi connectivity index (χ4n) is 14.0. The van der Waals surface area contributed by atoms with Gasteiger partial charge in [0, 0.05) is 90.3 Å². The lowest BCUT2D eigenvalue weighted by Crippen LogP contribution is -2.24. The van der Waals surface area contributed by atoms with Crippen LogP contribution in [-0.4, -0.2) is 159 Å². The highest BCUT2D eigenvalue weighted by Gasteiger charge is 2.38. The Morgan fingerprint density at radius 1 is 0.491 bits per heavy atom. The predicted molar refractivity (Wildman–Crippen MR) is 440 cm³/mol. The van der Waals surface area contributed by atoms with Crippen molar-refractivity contribution < 1.29 is 66.6 Å². The second-order valence-electron chi connectivity index (χ2n) is 27.9. The highest BCUT2D eigenvalue weighted by molar-refractivity contribution is 7.84. The van der Waals surface area contributed by atoms with Crippen LogP contribution in [0.4, 0.5) is 23.3 Å². The maximum absolute atomic E-state index is 13.0. The van der Waals surface area contributed by atoms with Crippen molar-refractivity contribution in [2.75, 3.05) is 41.1 Å². The Labute approximate surface area is 687 Å². The van der Waals surface area contributed by atoms with Gasteiger partial charge in [0.25, 0.3) is 0 Å². The van der Waals surface area contributed by atoms with Crippen LogP contribution >= 0.6 is 91.8 Å². The van der Waals surface area contributed by atoms with Gasteiger partial charge in [-0.2, -0.15) is 8.42 Å². The van der Waals surface area contributed by atoms with Gasteiger partial charge in [-0.05, 0) is 146 Å². The van der Waals surface area contributed by atoms with Crippen molar-refractivity contribution in [3.8, 4) is 0 Å². The van der Waals surface area contributed by atoms with Crippen LogP contribution in [0.1, 0.15) is 245 Å². The Balaban J connectivity index is 0.000000204. The molecule has 27 nitrogen and oxygen atoms in total. The highest BCUT2D eigenvalue weighted by atomic mass is 35.5. The van der Waals surface area contributed by atoms with Gasteiger partial charge in [-0.15, -0.1) is 45.3 Å². The third-order valence-electron chi connectivity index (χ3n) is 20.0. The van der Waals surface area contributed by atoms with Crippen molar-refractivity contribution in [2.24, 2.45) is 46.6 Å². The maximum Gasteiger partial charge on any atom is 0.333 e. The van der Waals surface area contributed by atoms with E-state index in [4.69, 9.17) is 56.6 Å². The van der Waals surface area contributed by atoms with Crippen LogP contribution in [0.25, 0.3) is 0 Å². The molecule has 0 radical (unpaired) electrons. The number of nitrogens with one attached hydrogen (secondary N) is 4. The Kier molecular flexibility index (Phi) is 34.9. The van der Waals surface area contributed by atoms with Crippen LogP contribution in [0.5, 0.6) is 0 Å². The molecule has 606 valence electrons. The van der Waals surface area contributed by atoms with Gasteiger partial charge in [0.05, 0.1) is 64.9 Å². The number of hydrogen-bond donors (Lipinski definition) is 9. The number of carbonyl (C=O) groups is 7. The van der Waals surface area contributed by atoms with Crippen LogP contribution < -0.4 is 26.4 Å². The summed E-state index contributed by atoms with van der Waals surface area (Å²) in [5.41, 5.74) is 2.95. The monoisotopic (exact) mass is 1710 g/mol. The van der Waals surface area contributed by atoms with Crippen LogP contribution in [-0.2, 0) is 14.5 Å². The van der Waals surface area contributed by atoms with Crippen molar-refractivity contribution in [1.82, 2.24) is 39.9 Å². The molecule has 0 saturated heterocycles. The SMILES string of the molecule is C.CC(=O)c1cc(C(=O)c2cncnc2N[C@@H]2C[C@H](CO)[C@@H](C)C2)sc1Cl.CC(=O)c1cc(C(=O)c2cncnc2N[C@@H]2C[C@H](COS(N)(=O)=O)[C@@H](O)C2)sc1Cl.CCO.CC[C@H]1C[C@@H](Nc2ncncc2C(=O)c2cc(C(C)=O)c(Cl)s2)C[C@@H]1C.CC[C@H]1C[C@@H](Nc2ncncc2C(=O)c2cc(C(C)O)c(Cl)s2)C[C@@H]1C. The zero-order valence-electron chi connectivity index (χ0n) is 62.7. The summed E-state index contributed by atoms with van der Waals surface area (Å²) < 4.78 is 27.8. The van der Waals surface area contributed by atoms with Gasteiger partial charge in [-0.3, -0.25) is 37.7 Å².